The Balaban J connectivity index is 1.69. The molecule has 0 spiro atoms. The van der Waals surface area contributed by atoms with Crippen LogP contribution in [-0.2, 0) is 4.79 Å². The van der Waals surface area contributed by atoms with Crippen LogP contribution in [0.25, 0.3) is 5.78 Å². The molecule has 27 heavy (non-hydrogen) atoms. The zero-order valence-corrected chi connectivity index (χ0v) is 16.8. The lowest BCUT2D eigenvalue weighted by molar-refractivity contribution is -0.128. The largest absolute Gasteiger partial charge is 0.338 e. The van der Waals surface area contributed by atoms with Gasteiger partial charge in [0.05, 0.1) is 11.8 Å². The van der Waals surface area contributed by atoms with Gasteiger partial charge < -0.3 is 4.90 Å². The third-order valence-electron chi connectivity index (χ3n) is 4.89. The van der Waals surface area contributed by atoms with Gasteiger partial charge in [0.1, 0.15) is 5.82 Å². The average molecular weight is 387 g/mol. The Bertz CT molecular complexity index is 986. The van der Waals surface area contributed by atoms with Gasteiger partial charge in [-0.25, -0.2) is 13.9 Å². The van der Waals surface area contributed by atoms with Crippen molar-refractivity contribution in [2.45, 2.75) is 38.9 Å². The van der Waals surface area contributed by atoms with Crippen LogP contribution in [0.15, 0.2) is 29.4 Å². The van der Waals surface area contributed by atoms with Gasteiger partial charge in [-0.1, -0.05) is 23.9 Å². The topological polar surface area (TPSA) is 63.4 Å². The average Bonchev–Trinajstić information content (AvgIpc) is 3.06. The molecule has 8 heteroatoms. The number of fused-ring (bicyclic) bond motifs is 1. The number of nitrogens with zero attached hydrogens (tertiary/aromatic N) is 5. The molecule has 0 aliphatic carbocycles. The highest BCUT2D eigenvalue weighted by atomic mass is 32.2. The second-order valence-corrected chi connectivity index (χ2v) is 7.48. The first kappa shape index (κ1) is 19.3. The maximum absolute atomic E-state index is 13.1. The van der Waals surface area contributed by atoms with Gasteiger partial charge in [0, 0.05) is 18.4 Å². The van der Waals surface area contributed by atoms with Gasteiger partial charge in [-0.15, -0.1) is 5.10 Å². The van der Waals surface area contributed by atoms with Crippen molar-refractivity contribution in [2.75, 3.05) is 12.8 Å². The van der Waals surface area contributed by atoms with E-state index in [1.54, 1.807) is 28.6 Å². The van der Waals surface area contributed by atoms with Crippen molar-refractivity contribution in [3.05, 3.63) is 52.6 Å². The first-order valence-electron chi connectivity index (χ1n) is 8.62. The van der Waals surface area contributed by atoms with Crippen LogP contribution in [-0.4, -0.2) is 43.2 Å². The predicted octanol–water partition coefficient (Wildman–Crippen LogP) is 3.50. The zero-order valence-electron chi connectivity index (χ0n) is 16.0. The van der Waals surface area contributed by atoms with E-state index in [9.17, 15) is 9.18 Å². The van der Waals surface area contributed by atoms with Crippen LogP contribution in [0.5, 0.6) is 0 Å². The maximum atomic E-state index is 13.1. The fraction of sp³-hybridized carbons (Fsp3) is 0.368. The summed E-state index contributed by atoms with van der Waals surface area (Å²) in [6.45, 7) is 7.83. The lowest BCUT2D eigenvalue weighted by Crippen LogP contribution is -2.31. The van der Waals surface area contributed by atoms with E-state index in [2.05, 4.69) is 15.1 Å². The molecule has 0 bridgehead atoms. The third kappa shape index (κ3) is 3.95. The molecule has 3 rings (SSSR count). The summed E-state index contributed by atoms with van der Waals surface area (Å²) in [6.07, 6.45) is 0. The van der Waals surface area contributed by atoms with Crippen LogP contribution >= 0.6 is 11.8 Å². The molecule has 0 aliphatic heterocycles. The van der Waals surface area contributed by atoms with Gasteiger partial charge in [-0.2, -0.15) is 4.98 Å². The zero-order chi connectivity index (χ0) is 19.7. The molecule has 6 nitrogen and oxygen atoms in total. The van der Waals surface area contributed by atoms with Crippen LogP contribution < -0.4 is 0 Å². The minimum Gasteiger partial charge on any atom is -0.338 e. The highest BCUT2D eigenvalue weighted by molar-refractivity contribution is 7.99. The number of amides is 1. The summed E-state index contributed by atoms with van der Waals surface area (Å²) in [5.41, 5.74) is 3.87. The van der Waals surface area contributed by atoms with E-state index in [4.69, 9.17) is 0 Å². The fourth-order valence-corrected chi connectivity index (χ4v) is 3.45. The SMILES string of the molecule is Cc1nc2nc(SCC(=O)N(C)[C@H](C)c3ccc(F)cc3)nn2c(C)c1C. The normalized spacial score (nSPS) is 12.4. The van der Waals surface area contributed by atoms with Gasteiger partial charge in [-0.05, 0) is 51.0 Å². The first-order valence-corrected chi connectivity index (χ1v) is 9.61. The number of aromatic nitrogens is 4. The summed E-state index contributed by atoms with van der Waals surface area (Å²) < 4.78 is 14.8. The molecule has 142 valence electrons. The second-order valence-electron chi connectivity index (χ2n) is 6.53. The van der Waals surface area contributed by atoms with E-state index < -0.39 is 0 Å². The van der Waals surface area contributed by atoms with E-state index in [1.165, 1.54) is 23.9 Å². The highest BCUT2D eigenvalue weighted by Crippen LogP contribution is 2.22. The number of hydrogen-bond donors (Lipinski definition) is 0. The number of hydrogen-bond acceptors (Lipinski definition) is 5. The minimum absolute atomic E-state index is 0.0484. The Kier molecular flexibility index (Phi) is 5.46. The summed E-state index contributed by atoms with van der Waals surface area (Å²) in [4.78, 5) is 23.0. The number of halogens is 1. The van der Waals surface area contributed by atoms with E-state index >= 15 is 0 Å². The van der Waals surface area contributed by atoms with E-state index in [0.717, 1.165) is 22.5 Å². The molecule has 0 radical (unpaired) electrons. The minimum atomic E-state index is -0.289. The molecular formula is C19H22FN5OS. The standard InChI is InChI=1S/C19H22FN5OS/c1-11-12(2)21-18-22-19(23-25(18)13(11)3)27-10-17(26)24(5)14(4)15-6-8-16(20)9-7-15/h6-9,14H,10H2,1-5H3/t14-/m1/s1. The Hall–Kier alpha value is -2.48. The molecule has 0 saturated carbocycles. The molecule has 1 amide bonds. The highest BCUT2D eigenvalue weighted by Gasteiger charge is 2.19. The summed E-state index contributed by atoms with van der Waals surface area (Å²) in [5.74, 6) is 0.421. The molecule has 0 fully saturated rings. The molecule has 1 aromatic carbocycles. The molecular weight excluding hydrogens is 365 g/mol. The predicted molar refractivity (Wildman–Crippen MR) is 103 cm³/mol. The molecule has 2 heterocycles. The molecule has 0 saturated heterocycles. The van der Waals surface area contributed by atoms with Crippen LogP contribution in [0.1, 0.15) is 35.5 Å². The van der Waals surface area contributed by atoms with Crippen molar-refractivity contribution < 1.29 is 9.18 Å². The van der Waals surface area contributed by atoms with E-state index in [-0.39, 0.29) is 23.5 Å². The van der Waals surface area contributed by atoms with Crippen molar-refractivity contribution >= 4 is 23.4 Å². The Morgan fingerprint density at radius 2 is 1.89 bits per heavy atom. The van der Waals surface area contributed by atoms with Crippen LogP contribution in [0, 0.1) is 26.6 Å². The van der Waals surface area contributed by atoms with Crippen molar-refractivity contribution in [3.63, 3.8) is 0 Å². The maximum Gasteiger partial charge on any atom is 0.253 e. The number of benzene rings is 1. The van der Waals surface area contributed by atoms with Crippen molar-refractivity contribution in [2.24, 2.45) is 0 Å². The van der Waals surface area contributed by atoms with Crippen molar-refractivity contribution in [1.29, 1.82) is 0 Å². The molecule has 0 N–H and O–H groups in total. The van der Waals surface area contributed by atoms with Gasteiger partial charge in [0.2, 0.25) is 11.1 Å². The quantitative estimate of drug-likeness (QED) is 0.627. The molecule has 2 aromatic heterocycles. The van der Waals surface area contributed by atoms with Crippen molar-refractivity contribution in [3.8, 4) is 0 Å². The van der Waals surface area contributed by atoms with Crippen LogP contribution in [0.2, 0.25) is 0 Å². The van der Waals surface area contributed by atoms with Crippen LogP contribution in [0.3, 0.4) is 0 Å². The first-order chi connectivity index (χ1) is 12.8. The second kappa shape index (κ2) is 7.64. The monoisotopic (exact) mass is 387 g/mol. The Labute approximate surface area is 161 Å². The summed E-state index contributed by atoms with van der Waals surface area (Å²) >= 11 is 1.28. The number of aryl methyl sites for hydroxylation is 2. The molecule has 0 unspecified atom stereocenters. The Morgan fingerprint density at radius 3 is 2.56 bits per heavy atom. The third-order valence-corrected chi connectivity index (χ3v) is 5.72. The van der Waals surface area contributed by atoms with Crippen LogP contribution in [0.4, 0.5) is 4.39 Å². The van der Waals surface area contributed by atoms with Gasteiger partial charge >= 0.3 is 0 Å². The summed E-state index contributed by atoms with van der Waals surface area (Å²) in [7, 11) is 1.74. The molecule has 1 atom stereocenters. The summed E-state index contributed by atoms with van der Waals surface area (Å²) in [6, 6.07) is 6.04. The number of rotatable bonds is 5. The number of carbonyl (C=O) groups is 1. The Morgan fingerprint density at radius 1 is 1.22 bits per heavy atom. The van der Waals surface area contributed by atoms with Gasteiger partial charge in [0.15, 0.2) is 0 Å². The van der Waals surface area contributed by atoms with Gasteiger partial charge in [0.25, 0.3) is 5.78 Å². The van der Waals surface area contributed by atoms with E-state index in [0.29, 0.717) is 10.9 Å². The lowest BCUT2D eigenvalue weighted by atomic mass is 10.1. The summed E-state index contributed by atoms with van der Waals surface area (Å²) in [5, 5.41) is 4.97. The van der Waals surface area contributed by atoms with E-state index in [1.807, 2.05) is 27.7 Å². The fourth-order valence-electron chi connectivity index (χ4n) is 2.71. The smallest absolute Gasteiger partial charge is 0.253 e. The number of thioether (sulfide) groups is 1. The molecule has 3 aromatic rings. The van der Waals surface area contributed by atoms with Gasteiger partial charge in [-0.3, -0.25) is 4.79 Å². The van der Waals surface area contributed by atoms with Crippen molar-refractivity contribution in [1.82, 2.24) is 24.5 Å². The number of carbonyl (C=O) groups excluding carboxylic acids is 1. The lowest BCUT2D eigenvalue weighted by Gasteiger charge is -2.25. The molecule has 0 aliphatic rings.